The SMILES string of the molecule is COC(=O)CCc1c(C(C)C)n[nH]c1C. The zero-order chi connectivity index (χ0) is 11.4. The van der Waals surface area contributed by atoms with E-state index < -0.39 is 0 Å². The van der Waals surface area contributed by atoms with Gasteiger partial charge in [-0.25, -0.2) is 0 Å². The van der Waals surface area contributed by atoms with E-state index in [1.165, 1.54) is 7.11 Å². The van der Waals surface area contributed by atoms with Gasteiger partial charge in [0.15, 0.2) is 0 Å². The maximum Gasteiger partial charge on any atom is 0.305 e. The molecular weight excluding hydrogens is 192 g/mol. The average molecular weight is 210 g/mol. The van der Waals surface area contributed by atoms with E-state index in [-0.39, 0.29) is 5.97 Å². The number of rotatable bonds is 4. The Hall–Kier alpha value is -1.32. The Morgan fingerprint density at radius 2 is 2.20 bits per heavy atom. The Balaban J connectivity index is 2.74. The van der Waals surface area contributed by atoms with Crippen molar-refractivity contribution in [3.05, 3.63) is 17.0 Å². The van der Waals surface area contributed by atoms with Gasteiger partial charge in [-0.2, -0.15) is 5.10 Å². The fourth-order valence-electron chi connectivity index (χ4n) is 1.59. The molecule has 1 aromatic heterocycles. The number of carbonyl (C=O) groups is 1. The van der Waals surface area contributed by atoms with E-state index in [1.807, 2.05) is 6.92 Å². The Kier molecular flexibility index (Phi) is 3.88. The third kappa shape index (κ3) is 2.81. The van der Waals surface area contributed by atoms with E-state index in [0.717, 1.165) is 17.0 Å². The predicted octanol–water partition coefficient (Wildman–Crippen LogP) is 1.95. The van der Waals surface area contributed by atoms with E-state index in [2.05, 4.69) is 28.8 Å². The third-order valence-electron chi connectivity index (χ3n) is 2.46. The second-order valence-corrected chi connectivity index (χ2v) is 3.94. The summed E-state index contributed by atoms with van der Waals surface area (Å²) in [7, 11) is 1.41. The number of aromatic amines is 1. The second kappa shape index (κ2) is 4.96. The first-order valence-electron chi connectivity index (χ1n) is 5.16. The molecule has 0 radical (unpaired) electrons. The third-order valence-corrected chi connectivity index (χ3v) is 2.46. The van der Waals surface area contributed by atoms with Crippen LogP contribution in [0.1, 0.15) is 43.1 Å². The fraction of sp³-hybridized carbons (Fsp3) is 0.636. The van der Waals surface area contributed by atoms with Crippen molar-refractivity contribution in [2.24, 2.45) is 0 Å². The Morgan fingerprint density at radius 3 is 2.73 bits per heavy atom. The van der Waals surface area contributed by atoms with Crippen molar-refractivity contribution >= 4 is 5.97 Å². The summed E-state index contributed by atoms with van der Waals surface area (Å²) >= 11 is 0. The van der Waals surface area contributed by atoms with Crippen LogP contribution in [0.2, 0.25) is 0 Å². The number of nitrogens with one attached hydrogen (secondary N) is 1. The minimum absolute atomic E-state index is 0.176. The van der Waals surface area contributed by atoms with Crippen molar-refractivity contribution in [3.8, 4) is 0 Å². The highest BCUT2D eigenvalue weighted by molar-refractivity contribution is 5.69. The van der Waals surface area contributed by atoms with Crippen LogP contribution in [0.25, 0.3) is 0 Å². The zero-order valence-corrected chi connectivity index (χ0v) is 9.76. The van der Waals surface area contributed by atoms with Gasteiger partial charge in [0, 0.05) is 12.1 Å². The minimum atomic E-state index is -0.176. The Labute approximate surface area is 90.0 Å². The van der Waals surface area contributed by atoms with Crippen LogP contribution in [0.15, 0.2) is 0 Å². The van der Waals surface area contributed by atoms with Crippen molar-refractivity contribution in [1.29, 1.82) is 0 Å². The molecule has 0 aromatic carbocycles. The van der Waals surface area contributed by atoms with Crippen molar-refractivity contribution in [2.45, 2.75) is 39.5 Å². The summed E-state index contributed by atoms with van der Waals surface area (Å²) in [4.78, 5) is 11.0. The first kappa shape index (κ1) is 11.8. The molecule has 0 aliphatic rings. The molecule has 0 unspecified atom stereocenters. The van der Waals surface area contributed by atoms with Gasteiger partial charge in [-0.15, -0.1) is 0 Å². The van der Waals surface area contributed by atoms with E-state index in [4.69, 9.17) is 0 Å². The van der Waals surface area contributed by atoms with Crippen LogP contribution in [0, 0.1) is 6.92 Å². The molecule has 1 rings (SSSR count). The lowest BCUT2D eigenvalue weighted by Crippen LogP contribution is -2.04. The van der Waals surface area contributed by atoms with Crippen LogP contribution in [0.4, 0.5) is 0 Å². The van der Waals surface area contributed by atoms with Crippen LogP contribution >= 0.6 is 0 Å². The van der Waals surface area contributed by atoms with Gasteiger partial charge < -0.3 is 4.74 Å². The normalized spacial score (nSPS) is 10.7. The number of ether oxygens (including phenoxy) is 1. The van der Waals surface area contributed by atoms with Gasteiger partial charge in [0.2, 0.25) is 0 Å². The van der Waals surface area contributed by atoms with Crippen LogP contribution in [0.3, 0.4) is 0 Å². The first-order valence-corrected chi connectivity index (χ1v) is 5.16. The molecular formula is C11H18N2O2. The molecule has 84 valence electrons. The topological polar surface area (TPSA) is 55.0 Å². The number of esters is 1. The lowest BCUT2D eigenvalue weighted by Gasteiger charge is -2.05. The number of nitrogens with zero attached hydrogens (tertiary/aromatic N) is 1. The number of H-pyrrole nitrogens is 1. The summed E-state index contributed by atoms with van der Waals surface area (Å²) in [6.45, 7) is 6.17. The van der Waals surface area contributed by atoms with E-state index in [1.54, 1.807) is 0 Å². The van der Waals surface area contributed by atoms with Gasteiger partial charge >= 0.3 is 5.97 Å². The standard InChI is InChI=1S/C11H18N2O2/c1-7(2)11-9(8(3)12-13-11)5-6-10(14)15-4/h7H,5-6H2,1-4H3,(H,12,13). The van der Waals surface area contributed by atoms with Crippen molar-refractivity contribution < 1.29 is 9.53 Å². The monoisotopic (exact) mass is 210 g/mol. The van der Waals surface area contributed by atoms with Crippen molar-refractivity contribution in [3.63, 3.8) is 0 Å². The van der Waals surface area contributed by atoms with Crippen LogP contribution in [-0.4, -0.2) is 23.3 Å². The van der Waals surface area contributed by atoms with Crippen molar-refractivity contribution in [1.82, 2.24) is 10.2 Å². The minimum Gasteiger partial charge on any atom is -0.469 e. The van der Waals surface area contributed by atoms with Gasteiger partial charge in [-0.1, -0.05) is 13.8 Å². The lowest BCUT2D eigenvalue weighted by atomic mass is 10.0. The number of carbonyl (C=O) groups excluding carboxylic acids is 1. The summed E-state index contributed by atoms with van der Waals surface area (Å²) in [5, 5.41) is 7.20. The highest BCUT2D eigenvalue weighted by Gasteiger charge is 2.14. The van der Waals surface area contributed by atoms with Gasteiger partial charge in [-0.05, 0) is 24.8 Å². The molecule has 0 aliphatic carbocycles. The molecule has 0 fully saturated rings. The smallest absolute Gasteiger partial charge is 0.305 e. The highest BCUT2D eigenvalue weighted by Crippen LogP contribution is 2.20. The molecule has 0 spiro atoms. The molecule has 0 saturated heterocycles. The number of hydrogen-bond donors (Lipinski definition) is 1. The molecule has 1 N–H and O–H groups in total. The van der Waals surface area contributed by atoms with Crippen molar-refractivity contribution in [2.75, 3.05) is 7.11 Å². The molecule has 0 amide bonds. The van der Waals surface area contributed by atoms with E-state index in [9.17, 15) is 4.79 Å². The first-order chi connectivity index (χ1) is 7.06. The van der Waals surface area contributed by atoms with Gasteiger partial charge in [0.25, 0.3) is 0 Å². The maximum absolute atomic E-state index is 11.0. The van der Waals surface area contributed by atoms with Crippen LogP contribution < -0.4 is 0 Å². The van der Waals surface area contributed by atoms with Crippen LogP contribution in [0.5, 0.6) is 0 Å². The molecule has 0 bridgehead atoms. The summed E-state index contributed by atoms with van der Waals surface area (Å²) < 4.78 is 4.62. The molecule has 0 saturated carbocycles. The zero-order valence-electron chi connectivity index (χ0n) is 9.76. The highest BCUT2D eigenvalue weighted by atomic mass is 16.5. The van der Waals surface area contributed by atoms with Gasteiger partial charge in [-0.3, -0.25) is 9.89 Å². The number of methoxy groups -OCH3 is 1. The Morgan fingerprint density at radius 1 is 1.53 bits per heavy atom. The molecule has 0 aliphatic heterocycles. The van der Waals surface area contributed by atoms with Gasteiger partial charge in [0.1, 0.15) is 0 Å². The molecule has 0 atom stereocenters. The summed E-state index contributed by atoms with van der Waals surface area (Å²) in [6, 6.07) is 0. The second-order valence-electron chi connectivity index (χ2n) is 3.94. The Bertz CT molecular complexity index is 342. The summed E-state index contributed by atoms with van der Waals surface area (Å²) in [5.41, 5.74) is 3.24. The average Bonchev–Trinajstić information content (AvgIpc) is 2.56. The predicted molar refractivity (Wildman–Crippen MR) is 57.8 cm³/mol. The van der Waals surface area contributed by atoms with Gasteiger partial charge in [0.05, 0.1) is 12.8 Å². The van der Waals surface area contributed by atoms with Crippen LogP contribution in [-0.2, 0) is 16.0 Å². The molecule has 4 heteroatoms. The summed E-state index contributed by atoms with van der Waals surface area (Å²) in [6.07, 6.45) is 1.11. The lowest BCUT2D eigenvalue weighted by molar-refractivity contribution is -0.140. The fourth-order valence-corrected chi connectivity index (χ4v) is 1.59. The number of aromatic nitrogens is 2. The number of hydrogen-bond acceptors (Lipinski definition) is 3. The quantitative estimate of drug-likeness (QED) is 0.773. The number of aryl methyl sites for hydroxylation is 1. The summed E-state index contributed by atoms with van der Waals surface area (Å²) in [5.74, 6) is 0.202. The molecule has 15 heavy (non-hydrogen) atoms. The maximum atomic E-state index is 11.0. The largest absolute Gasteiger partial charge is 0.469 e. The molecule has 1 aromatic rings. The van der Waals surface area contributed by atoms with E-state index in [0.29, 0.717) is 18.8 Å². The van der Waals surface area contributed by atoms with E-state index >= 15 is 0 Å². The molecule has 4 nitrogen and oxygen atoms in total. The molecule has 1 heterocycles.